The van der Waals surface area contributed by atoms with Crippen LogP contribution in [0.1, 0.15) is 19.4 Å². The summed E-state index contributed by atoms with van der Waals surface area (Å²) in [6.45, 7) is 7.55. The zero-order valence-corrected chi connectivity index (χ0v) is 15.4. The Kier molecular flexibility index (Phi) is 5.94. The highest BCUT2D eigenvalue weighted by atomic mass is 16.5. The van der Waals surface area contributed by atoms with Crippen LogP contribution in [0.2, 0.25) is 0 Å². The second-order valence-corrected chi connectivity index (χ2v) is 6.62. The van der Waals surface area contributed by atoms with Crippen molar-refractivity contribution in [1.29, 1.82) is 0 Å². The van der Waals surface area contributed by atoms with Crippen LogP contribution in [0, 0.1) is 0 Å². The maximum atomic E-state index is 12.4. The summed E-state index contributed by atoms with van der Waals surface area (Å²) in [5.41, 5.74) is 2.14. The number of piperazine rings is 1. The Morgan fingerprint density at radius 3 is 2.50 bits per heavy atom. The minimum absolute atomic E-state index is 0.0202. The molecule has 1 aliphatic heterocycles. The van der Waals surface area contributed by atoms with Gasteiger partial charge in [-0.25, -0.2) is 4.79 Å². The number of nitrogens with zero attached hydrogens (tertiary/aromatic N) is 3. The highest BCUT2D eigenvalue weighted by Gasteiger charge is 2.23. The number of aromatic nitrogens is 1. The maximum absolute atomic E-state index is 12.4. The number of carbonyl (C=O) groups excluding carboxylic acids is 1. The van der Waals surface area contributed by atoms with Crippen LogP contribution in [0.5, 0.6) is 5.75 Å². The van der Waals surface area contributed by atoms with Crippen molar-refractivity contribution in [3.63, 3.8) is 0 Å². The zero-order valence-electron chi connectivity index (χ0n) is 15.4. The molecule has 1 aliphatic rings. The Morgan fingerprint density at radius 1 is 1.12 bits per heavy atom. The first kappa shape index (κ1) is 18.0. The van der Waals surface area contributed by atoms with Crippen LogP contribution in [0.4, 0.5) is 10.5 Å². The van der Waals surface area contributed by atoms with Gasteiger partial charge in [-0.15, -0.1) is 0 Å². The Labute approximate surface area is 154 Å². The number of hydrogen-bond donors (Lipinski definition) is 1. The van der Waals surface area contributed by atoms with Gasteiger partial charge in [0, 0.05) is 45.1 Å². The Hall–Kier alpha value is -2.76. The number of nitrogens with one attached hydrogen (secondary N) is 1. The summed E-state index contributed by atoms with van der Waals surface area (Å²) in [6, 6.07) is 11.9. The highest BCUT2D eigenvalue weighted by molar-refractivity contribution is 5.74. The van der Waals surface area contributed by atoms with Gasteiger partial charge in [-0.3, -0.25) is 4.98 Å². The molecule has 6 heteroatoms. The molecule has 2 amide bonds. The van der Waals surface area contributed by atoms with Gasteiger partial charge < -0.3 is 19.9 Å². The lowest BCUT2D eigenvalue weighted by molar-refractivity contribution is 0.193. The standard InChI is InChI=1S/C20H26N4O2/c1-16(2)26-19-6-4-3-5-18(19)23-11-13-24(14-12-23)20(25)22-15-17-7-9-21-10-8-17/h3-10,16H,11-15H2,1-2H3,(H,22,25). The summed E-state index contributed by atoms with van der Waals surface area (Å²) in [5.74, 6) is 0.901. The van der Waals surface area contributed by atoms with Gasteiger partial charge in [-0.1, -0.05) is 12.1 Å². The maximum Gasteiger partial charge on any atom is 0.317 e. The van der Waals surface area contributed by atoms with Crippen LogP contribution >= 0.6 is 0 Å². The quantitative estimate of drug-likeness (QED) is 0.897. The SMILES string of the molecule is CC(C)Oc1ccccc1N1CCN(C(=O)NCc2ccncc2)CC1. The number of carbonyl (C=O) groups is 1. The van der Waals surface area contributed by atoms with Gasteiger partial charge in [0.1, 0.15) is 5.75 Å². The van der Waals surface area contributed by atoms with Crippen molar-refractivity contribution in [2.24, 2.45) is 0 Å². The third kappa shape index (κ3) is 4.65. The van der Waals surface area contributed by atoms with E-state index < -0.39 is 0 Å². The van der Waals surface area contributed by atoms with Crippen molar-refractivity contribution >= 4 is 11.7 Å². The smallest absolute Gasteiger partial charge is 0.317 e. The Bertz CT molecular complexity index is 713. The molecule has 138 valence electrons. The molecule has 0 radical (unpaired) electrons. The third-order valence-corrected chi connectivity index (χ3v) is 4.33. The van der Waals surface area contributed by atoms with Gasteiger partial charge in [-0.05, 0) is 43.7 Å². The largest absolute Gasteiger partial charge is 0.489 e. The van der Waals surface area contributed by atoms with Crippen molar-refractivity contribution in [2.45, 2.75) is 26.5 Å². The molecule has 0 bridgehead atoms. The van der Waals surface area contributed by atoms with Gasteiger partial charge in [0.25, 0.3) is 0 Å². The van der Waals surface area contributed by atoms with Crippen LogP contribution in [-0.4, -0.2) is 48.2 Å². The number of pyridine rings is 1. The average molecular weight is 354 g/mol. The van der Waals surface area contributed by atoms with E-state index in [-0.39, 0.29) is 12.1 Å². The second-order valence-electron chi connectivity index (χ2n) is 6.62. The van der Waals surface area contributed by atoms with E-state index in [1.807, 2.05) is 49.1 Å². The van der Waals surface area contributed by atoms with Crippen LogP contribution in [0.3, 0.4) is 0 Å². The molecule has 0 unspecified atom stereocenters. The number of amides is 2. The molecule has 0 saturated carbocycles. The van der Waals surface area contributed by atoms with E-state index in [0.29, 0.717) is 19.6 Å². The zero-order chi connectivity index (χ0) is 18.4. The number of ether oxygens (including phenoxy) is 1. The minimum Gasteiger partial charge on any atom is -0.489 e. The molecule has 2 heterocycles. The molecular weight excluding hydrogens is 328 g/mol. The number of rotatable bonds is 5. The molecule has 0 spiro atoms. The van der Waals surface area contributed by atoms with Crippen molar-refractivity contribution in [2.75, 3.05) is 31.1 Å². The third-order valence-electron chi connectivity index (χ3n) is 4.33. The van der Waals surface area contributed by atoms with Crippen LogP contribution in [0.15, 0.2) is 48.8 Å². The lowest BCUT2D eigenvalue weighted by atomic mass is 10.2. The van der Waals surface area contributed by atoms with Crippen molar-refractivity contribution < 1.29 is 9.53 Å². The summed E-state index contributed by atoms with van der Waals surface area (Å²) >= 11 is 0. The van der Waals surface area contributed by atoms with E-state index in [0.717, 1.165) is 30.1 Å². The summed E-state index contributed by atoms with van der Waals surface area (Å²) in [4.78, 5) is 20.5. The number of para-hydroxylation sites is 2. The van der Waals surface area contributed by atoms with Gasteiger partial charge in [0.05, 0.1) is 11.8 Å². The Balaban J connectivity index is 1.53. The number of anilines is 1. The molecule has 26 heavy (non-hydrogen) atoms. The first-order chi connectivity index (χ1) is 12.6. The number of hydrogen-bond acceptors (Lipinski definition) is 4. The molecule has 0 aliphatic carbocycles. The summed E-state index contributed by atoms with van der Waals surface area (Å²) < 4.78 is 5.92. The lowest BCUT2D eigenvalue weighted by Gasteiger charge is -2.36. The monoisotopic (exact) mass is 354 g/mol. The topological polar surface area (TPSA) is 57.7 Å². The molecule has 6 nitrogen and oxygen atoms in total. The Morgan fingerprint density at radius 2 is 1.81 bits per heavy atom. The predicted octanol–water partition coefficient (Wildman–Crippen LogP) is 2.90. The van der Waals surface area contributed by atoms with E-state index in [4.69, 9.17) is 4.74 Å². The van der Waals surface area contributed by atoms with Crippen molar-refractivity contribution in [3.05, 3.63) is 54.4 Å². The minimum atomic E-state index is -0.0202. The van der Waals surface area contributed by atoms with E-state index in [9.17, 15) is 4.79 Å². The van der Waals surface area contributed by atoms with Crippen LogP contribution < -0.4 is 15.0 Å². The fourth-order valence-corrected chi connectivity index (χ4v) is 3.01. The fraction of sp³-hybridized carbons (Fsp3) is 0.400. The molecule has 0 atom stereocenters. The molecule has 1 fully saturated rings. The molecule has 1 saturated heterocycles. The first-order valence-electron chi connectivity index (χ1n) is 9.06. The van der Waals surface area contributed by atoms with E-state index >= 15 is 0 Å². The summed E-state index contributed by atoms with van der Waals surface area (Å²) in [6.07, 6.45) is 3.60. The molecule has 2 aromatic rings. The second kappa shape index (κ2) is 8.56. The van der Waals surface area contributed by atoms with E-state index in [2.05, 4.69) is 21.3 Å². The molecular formula is C20H26N4O2. The van der Waals surface area contributed by atoms with Crippen molar-refractivity contribution in [3.8, 4) is 5.75 Å². The van der Waals surface area contributed by atoms with Gasteiger partial charge >= 0.3 is 6.03 Å². The van der Waals surface area contributed by atoms with Crippen LogP contribution in [-0.2, 0) is 6.54 Å². The van der Waals surface area contributed by atoms with E-state index in [1.165, 1.54) is 0 Å². The first-order valence-corrected chi connectivity index (χ1v) is 9.06. The fourth-order valence-electron chi connectivity index (χ4n) is 3.01. The average Bonchev–Trinajstić information content (AvgIpc) is 2.67. The molecule has 1 N–H and O–H groups in total. The highest BCUT2D eigenvalue weighted by Crippen LogP contribution is 2.29. The normalized spacial score (nSPS) is 14.4. The molecule has 1 aromatic heterocycles. The van der Waals surface area contributed by atoms with Crippen molar-refractivity contribution in [1.82, 2.24) is 15.2 Å². The molecule has 1 aromatic carbocycles. The van der Waals surface area contributed by atoms with Crippen LogP contribution in [0.25, 0.3) is 0 Å². The lowest BCUT2D eigenvalue weighted by Crippen LogP contribution is -2.51. The van der Waals surface area contributed by atoms with E-state index in [1.54, 1.807) is 12.4 Å². The van der Waals surface area contributed by atoms with Gasteiger partial charge in [-0.2, -0.15) is 0 Å². The number of urea groups is 1. The molecule has 3 rings (SSSR count). The predicted molar refractivity (Wildman–Crippen MR) is 102 cm³/mol. The van der Waals surface area contributed by atoms with Gasteiger partial charge in [0.15, 0.2) is 0 Å². The van der Waals surface area contributed by atoms with Gasteiger partial charge in [0.2, 0.25) is 0 Å². The summed E-state index contributed by atoms with van der Waals surface area (Å²) in [5, 5.41) is 2.98. The summed E-state index contributed by atoms with van der Waals surface area (Å²) in [7, 11) is 0. The number of benzene rings is 1.